The van der Waals surface area contributed by atoms with Crippen molar-refractivity contribution in [2.24, 2.45) is 0 Å². The summed E-state index contributed by atoms with van der Waals surface area (Å²) < 4.78 is 0. The Morgan fingerprint density at radius 1 is 0.300 bits per heavy atom. The summed E-state index contributed by atoms with van der Waals surface area (Å²) in [7, 11) is 0. The molecule has 10 aromatic carbocycles. The highest BCUT2D eigenvalue weighted by molar-refractivity contribution is 6.28. The second-order valence-corrected chi connectivity index (χ2v) is 16.6. The molecule has 0 unspecified atom stereocenters. The molecule has 0 amide bonds. The fourth-order valence-electron chi connectivity index (χ4n) is 8.97. The first-order chi connectivity index (χ1) is 29.4. The molecule has 0 heterocycles. The van der Waals surface area contributed by atoms with Gasteiger partial charge in [-0.2, -0.15) is 0 Å². The van der Waals surface area contributed by atoms with E-state index >= 15 is 0 Å². The van der Waals surface area contributed by atoms with Gasteiger partial charge >= 0.3 is 0 Å². The zero-order chi connectivity index (χ0) is 40.7. The van der Waals surface area contributed by atoms with Crippen LogP contribution in [0.5, 0.6) is 0 Å². The zero-order valence-corrected chi connectivity index (χ0v) is 34.7. The van der Waals surface area contributed by atoms with Crippen molar-refractivity contribution in [3.63, 3.8) is 0 Å². The summed E-state index contributed by atoms with van der Waals surface area (Å²) in [6.07, 6.45) is 0. The van der Waals surface area contributed by atoms with E-state index in [0.29, 0.717) is 11.8 Å². The molecule has 10 aromatic rings. The van der Waals surface area contributed by atoms with E-state index in [-0.39, 0.29) is 0 Å². The van der Waals surface area contributed by atoms with Gasteiger partial charge in [0.2, 0.25) is 0 Å². The van der Waals surface area contributed by atoms with Crippen molar-refractivity contribution < 1.29 is 0 Å². The van der Waals surface area contributed by atoms with E-state index in [1.165, 1.54) is 65.7 Å². The zero-order valence-electron chi connectivity index (χ0n) is 34.7. The molecule has 10 rings (SSSR count). The molecule has 0 fully saturated rings. The van der Waals surface area contributed by atoms with E-state index in [4.69, 9.17) is 0 Å². The Morgan fingerprint density at radius 3 is 1.05 bits per heavy atom. The first-order valence-corrected chi connectivity index (χ1v) is 21.2. The number of hydrogen-bond acceptors (Lipinski definition) is 2. The molecule has 2 nitrogen and oxygen atoms in total. The molecule has 0 aliphatic carbocycles. The third kappa shape index (κ3) is 6.74. The first kappa shape index (κ1) is 37.1. The fourth-order valence-corrected chi connectivity index (χ4v) is 8.97. The number of anilines is 6. The van der Waals surface area contributed by atoms with Crippen LogP contribution in [0, 0.1) is 0 Å². The lowest BCUT2D eigenvalue weighted by Gasteiger charge is -2.30. The summed E-state index contributed by atoms with van der Waals surface area (Å²) in [5.41, 5.74) is 14.3. The predicted molar refractivity (Wildman–Crippen MR) is 259 cm³/mol. The molecule has 0 atom stereocenters. The molecule has 0 saturated carbocycles. The van der Waals surface area contributed by atoms with Crippen LogP contribution < -0.4 is 9.80 Å². The molecule has 0 aliphatic rings. The van der Waals surface area contributed by atoms with Gasteiger partial charge < -0.3 is 9.80 Å². The summed E-state index contributed by atoms with van der Waals surface area (Å²) in [6, 6.07) is 76.1. The normalized spacial score (nSPS) is 11.6. The maximum atomic E-state index is 2.46. The molecular weight excluding hydrogens is 725 g/mol. The SMILES string of the molecule is CC(C)c1cccc(N(c2cccc(-c3ccccc3)c2)c2ccc3ccc4c(N(c5cccc(-c6ccccc6)c5)c5cccc(C(C)C)c5)ccc5ccc2c3c54)c1. The average Bonchev–Trinajstić information content (AvgIpc) is 3.30. The van der Waals surface area contributed by atoms with E-state index in [1.54, 1.807) is 0 Å². The van der Waals surface area contributed by atoms with Crippen molar-refractivity contribution >= 4 is 66.4 Å². The monoisotopic (exact) mass is 772 g/mol. The van der Waals surface area contributed by atoms with E-state index in [1.807, 2.05) is 0 Å². The number of hydrogen-bond donors (Lipinski definition) is 0. The minimum absolute atomic E-state index is 0.403. The highest BCUT2D eigenvalue weighted by atomic mass is 15.1. The second-order valence-electron chi connectivity index (χ2n) is 16.6. The van der Waals surface area contributed by atoms with Gasteiger partial charge in [0.1, 0.15) is 0 Å². The molecule has 0 radical (unpaired) electrons. The Balaban J connectivity index is 1.21. The Labute approximate surface area is 354 Å². The maximum absolute atomic E-state index is 2.46. The van der Waals surface area contributed by atoms with Crippen molar-refractivity contribution in [2.75, 3.05) is 9.80 Å². The van der Waals surface area contributed by atoms with E-state index in [9.17, 15) is 0 Å². The van der Waals surface area contributed by atoms with E-state index in [0.717, 1.165) is 34.1 Å². The Morgan fingerprint density at radius 2 is 0.650 bits per heavy atom. The minimum Gasteiger partial charge on any atom is -0.310 e. The lowest BCUT2D eigenvalue weighted by Crippen LogP contribution is -2.12. The molecular formula is C58H48N2. The third-order valence-corrected chi connectivity index (χ3v) is 12.1. The lowest BCUT2D eigenvalue weighted by molar-refractivity contribution is 0.866. The topological polar surface area (TPSA) is 6.48 Å². The molecule has 2 heteroatoms. The maximum Gasteiger partial charge on any atom is 0.0540 e. The number of nitrogens with zero attached hydrogens (tertiary/aromatic N) is 2. The van der Waals surface area contributed by atoms with Gasteiger partial charge in [-0.25, -0.2) is 0 Å². The number of rotatable bonds is 10. The molecule has 290 valence electrons. The fraction of sp³-hybridized carbons (Fsp3) is 0.103. The van der Waals surface area contributed by atoms with Crippen LogP contribution in [0.2, 0.25) is 0 Å². The summed E-state index contributed by atoms with van der Waals surface area (Å²) in [4.78, 5) is 4.92. The van der Waals surface area contributed by atoms with Crippen molar-refractivity contribution in [3.05, 3.63) is 217 Å². The van der Waals surface area contributed by atoms with Gasteiger partial charge in [0, 0.05) is 33.5 Å². The van der Waals surface area contributed by atoms with Crippen molar-refractivity contribution in [2.45, 2.75) is 39.5 Å². The third-order valence-electron chi connectivity index (χ3n) is 12.1. The molecule has 0 N–H and O–H groups in total. The summed E-state index contributed by atoms with van der Waals surface area (Å²) >= 11 is 0. The molecule has 0 saturated heterocycles. The predicted octanol–water partition coefficient (Wildman–Crippen LogP) is 17.1. The number of benzene rings is 10. The van der Waals surface area contributed by atoms with Gasteiger partial charge in [-0.05, 0) is 127 Å². The van der Waals surface area contributed by atoms with Gasteiger partial charge in [0.25, 0.3) is 0 Å². The van der Waals surface area contributed by atoms with Crippen LogP contribution in [0.4, 0.5) is 34.1 Å². The van der Waals surface area contributed by atoms with Crippen LogP contribution in [-0.2, 0) is 0 Å². The van der Waals surface area contributed by atoms with Crippen molar-refractivity contribution in [3.8, 4) is 22.3 Å². The molecule has 0 bridgehead atoms. The van der Waals surface area contributed by atoms with Gasteiger partial charge in [-0.3, -0.25) is 0 Å². The van der Waals surface area contributed by atoms with Crippen molar-refractivity contribution in [1.82, 2.24) is 0 Å². The highest BCUT2D eigenvalue weighted by Crippen LogP contribution is 2.48. The Kier molecular flexibility index (Phi) is 9.62. The Bertz CT molecular complexity index is 2900. The standard InChI is InChI=1S/C58H48N2/c1-39(2)45-19-11-23-49(35-45)59(51-25-13-21-47(37-51)41-15-7-5-8-16-41)55-33-29-43-28-32-54-56(34-30-44-27-31-53(55)57(43)58(44)54)60(50-24-12-20-46(36-50)40(3)4)52-26-14-22-48(38-52)42-17-9-6-10-18-42/h5-40H,1-4H3. The molecule has 0 aromatic heterocycles. The van der Waals surface area contributed by atoms with E-state index < -0.39 is 0 Å². The molecule has 0 spiro atoms. The molecule has 60 heavy (non-hydrogen) atoms. The molecule has 0 aliphatic heterocycles. The van der Waals surface area contributed by atoms with Crippen LogP contribution in [-0.4, -0.2) is 0 Å². The smallest absolute Gasteiger partial charge is 0.0540 e. The van der Waals surface area contributed by atoms with Crippen LogP contribution in [0.25, 0.3) is 54.6 Å². The minimum atomic E-state index is 0.403. The average molecular weight is 773 g/mol. The van der Waals surface area contributed by atoms with Crippen LogP contribution in [0.3, 0.4) is 0 Å². The van der Waals surface area contributed by atoms with Gasteiger partial charge in [-0.15, -0.1) is 0 Å². The quantitative estimate of drug-likeness (QED) is 0.128. The summed E-state index contributed by atoms with van der Waals surface area (Å²) in [5, 5.41) is 7.48. The first-order valence-electron chi connectivity index (χ1n) is 21.2. The lowest BCUT2D eigenvalue weighted by atomic mass is 9.91. The van der Waals surface area contributed by atoms with E-state index in [2.05, 4.69) is 244 Å². The second kappa shape index (κ2) is 15.5. The van der Waals surface area contributed by atoms with Gasteiger partial charge in [0.05, 0.1) is 11.4 Å². The summed E-state index contributed by atoms with van der Waals surface area (Å²) in [6.45, 7) is 9.09. The Hall–Kier alpha value is -7.16. The van der Waals surface area contributed by atoms with Crippen molar-refractivity contribution in [1.29, 1.82) is 0 Å². The van der Waals surface area contributed by atoms with Gasteiger partial charge in [0.15, 0.2) is 0 Å². The summed E-state index contributed by atoms with van der Waals surface area (Å²) in [5.74, 6) is 0.805. The van der Waals surface area contributed by atoms with Crippen LogP contribution in [0.1, 0.15) is 50.7 Å². The largest absolute Gasteiger partial charge is 0.310 e. The van der Waals surface area contributed by atoms with Crippen LogP contribution in [0.15, 0.2) is 206 Å². The van der Waals surface area contributed by atoms with Crippen LogP contribution >= 0.6 is 0 Å². The van der Waals surface area contributed by atoms with Gasteiger partial charge in [-0.1, -0.05) is 173 Å². The highest BCUT2D eigenvalue weighted by Gasteiger charge is 2.23.